The van der Waals surface area contributed by atoms with Gasteiger partial charge in [0.1, 0.15) is 11.0 Å². The highest BCUT2D eigenvalue weighted by atomic mass is 32.1. The topological polar surface area (TPSA) is 74.3 Å². The average molecular weight is 316 g/mol. The van der Waals surface area contributed by atoms with Crippen LogP contribution >= 0.6 is 11.3 Å². The summed E-state index contributed by atoms with van der Waals surface area (Å²) in [5, 5.41) is 8.13. The molecule has 6 nitrogen and oxygen atoms in total. The molecule has 1 aromatic heterocycles. The smallest absolute Gasteiger partial charge is 0.315 e. The van der Waals surface area contributed by atoms with Crippen molar-refractivity contribution in [1.29, 1.82) is 0 Å². The SMILES string of the molecule is O=C(NCc1nccs1)N[C@H]1CCN(c2ccccc2)C1=O. The van der Waals surface area contributed by atoms with Gasteiger partial charge in [-0.3, -0.25) is 4.79 Å². The van der Waals surface area contributed by atoms with Crippen LogP contribution in [0.25, 0.3) is 0 Å². The molecule has 1 fully saturated rings. The second kappa shape index (κ2) is 6.57. The molecule has 0 unspecified atom stereocenters. The minimum Gasteiger partial charge on any atom is -0.332 e. The molecule has 7 heteroatoms. The van der Waals surface area contributed by atoms with E-state index in [0.717, 1.165) is 10.7 Å². The molecule has 1 aliphatic heterocycles. The van der Waals surface area contributed by atoms with Gasteiger partial charge in [-0.1, -0.05) is 18.2 Å². The molecular weight excluding hydrogens is 300 g/mol. The zero-order valence-electron chi connectivity index (χ0n) is 11.9. The molecule has 3 amide bonds. The molecule has 1 aliphatic rings. The van der Waals surface area contributed by atoms with E-state index < -0.39 is 6.04 Å². The number of amides is 3. The highest BCUT2D eigenvalue weighted by Gasteiger charge is 2.33. The van der Waals surface area contributed by atoms with Gasteiger partial charge in [0.2, 0.25) is 5.91 Å². The maximum Gasteiger partial charge on any atom is 0.315 e. The van der Waals surface area contributed by atoms with Crippen LogP contribution in [0.2, 0.25) is 0 Å². The maximum atomic E-state index is 12.3. The molecule has 0 spiro atoms. The van der Waals surface area contributed by atoms with Gasteiger partial charge in [-0.15, -0.1) is 11.3 Å². The number of hydrogen-bond acceptors (Lipinski definition) is 4. The van der Waals surface area contributed by atoms with Crippen molar-refractivity contribution in [3.05, 3.63) is 46.9 Å². The first kappa shape index (κ1) is 14.5. The van der Waals surface area contributed by atoms with Crippen molar-refractivity contribution in [3.8, 4) is 0 Å². The Hall–Kier alpha value is -2.41. The number of para-hydroxylation sites is 1. The van der Waals surface area contributed by atoms with Gasteiger partial charge >= 0.3 is 6.03 Å². The molecule has 0 bridgehead atoms. The summed E-state index contributed by atoms with van der Waals surface area (Å²) in [6.45, 7) is 0.979. The lowest BCUT2D eigenvalue weighted by Crippen LogP contribution is -2.45. The summed E-state index contributed by atoms with van der Waals surface area (Å²) >= 11 is 1.48. The summed E-state index contributed by atoms with van der Waals surface area (Å²) in [4.78, 5) is 30.0. The van der Waals surface area contributed by atoms with Crippen LogP contribution in [0.3, 0.4) is 0 Å². The molecule has 1 aromatic carbocycles. The summed E-state index contributed by atoms with van der Waals surface area (Å²) in [5.74, 6) is -0.0735. The van der Waals surface area contributed by atoms with Crippen LogP contribution in [0.5, 0.6) is 0 Å². The van der Waals surface area contributed by atoms with Crippen LogP contribution < -0.4 is 15.5 Å². The maximum absolute atomic E-state index is 12.3. The van der Waals surface area contributed by atoms with Crippen LogP contribution in [0.4, 0.5) is 10.5 Å². The quantitative estimate of drug-likeness (QED) is 0.902. The molecular formula is C15H16N4O2S. The van der Waals surface area contributed by atoms with Crippen molar-refractivity contribution in [2.24, 2.45) is 0 Å². The van der Waals surface area contributed by atoms with Crippen molar-refractivity contribution in [1.82, 2.24) is 15.6 Å². The summed E-state index contributed by atoms with van der Waals surface area (Å²) < 4.78 is 0. The van der Waals surface area contributed by atoms with Gasteiger partial charge in [-0.2, -0.15) is 0 Å². The lowest BCUT2D eigenvalue weighted by Gasteiger charge is -2.17. The van der Waals surface area contributed by atoms with Crippen LogP contribution in [0.1, 0.15) is 11.4 Å². The number of urea groups is 1. The van der Waals surface area contributed by atoms with Crippen LogP contribution in [0.15, 0.2) is 41.9 Å². The molecule has 1 atom stereocenters. The van der Waals surface area contributed by atoms with Gasteiger partial charge in [0.25, 0.3) is 0 Å². The number of nitrogens with zero attached hydrogens (tertiary/aromatic N) is 2. The average Bonchev–Trinajstić information content (AvgIpc) is 3.17. The molecule has 2 aromatic rings. The molecule has 1 saturated heterocycles. The Morgan fingerprint density at radius 2 is 2.18 bits per heavy atom. The van der Waals surface area contributed by atoms with Crippen LogP contribution in [0, 0.1) is 0 Å². The molecule has 2 heterocycles. The van der Waals surface area contributed by atoms with E-state index in [9.17, 15) is 9.59 Å². The zero-order valence-corrected chi connectivity index (χ0v) is 12.7. The Balaban J connectivity index is 1.53. The lowest BCUT2D eigenvalue weighted by molar-refractivity contribution is -0.118. The van der Waals surface area contributed by atoms with E-state index >= 15 is 0 Å². The number of benzene rings is 1. The summed E-state index contributed by atoms with van der Waals surface area (Å²) in [6, 6.07) is 8.66. The first-order chi connectivity index (χ1) is 10.7. The third-order valence-electron chi connectivity index (χ3n) is 3.46. The molecule has 0 saturated carbocycles. The number of rotatable bonds is 4. The Morgan fingerprint density at radius 3 is 2.91 bits per heavy atom. The minimum atomic E-state index is -0.475. The number of thiazole rings is 1. The Bertz CT molecular complexity index is 645. The van der Waals surface area contributed by atoms with E-state index in [1.165, 1.54) is 11.3 Å². The highest BCUT2D eigenvalue weighted by molar-refractivity contribution is 7.09. The number of nitrogens with one attached hydrogen (secondary N) is 2. The summed E-state index contributed by atoms with van der Waals surface area (Å²) in [7, 11) is 0. The molecule has 22 heavy (non-hydrogen) atoms. The minimum absolute atomic E-state index is 0.0735. The number of anilines is 1. The number of hydrogen-bond donors (Lipinski definition) is 2. The van der Waals surface area contributed by atoms with Crippen LogP contribution in [-0.2, 0) is 11.3 Å². The first-order valence-corrected chi connectivity index (χ1v) is 7.91. The Morgan fingerprint density at radius 1 is 1.36 bits per heavy atom. The van der Waals surface area contributed by atoms with Gasteiger partial charge in [0.05, 0.1) is 6.54 Å². The van der Waals surface area contributed by atoms with Crippen molar-refractivity contribution < 1.29 is 9.59 Å². The predicted molar refractivity (Wildman–Crippen MR) is 84.7 cm³/mol. The van der Waals surface area contributed by atoms with Crippen LogP contribution in [-0.4, -0.2) is 29.5 Å². The summed E-state index contributed by atoms with van der Waals surface area (Å²) in [6.07, 6.45) is 2.30. The lowest BCUT2D eigenvalue weighted by atomic mass is 10.2. The third kappa shape index (κ3) is 3.25. The molecule has 2 N–H and O–H groups in total. The molecule has 114 valence electrons. The summed E-state index contributed by atoms with van der Waals surface area (Å²) in [5.41, 5.74) is 0.861. The second-order valence-electron chi connectivity index (χ2n) is 4.92. The Labute approximate surface area is 132 Å². The van der Waals surface area contributed by atoms with E-state index in [-0.39, 0.29) is 11.9 Å². The Kier molecular flexibility index (Phi) is 4.34. The van der Waals surface area contributed by atoms with Gasteiger partial charge in [-0.05, 0) is 18.6 Å². The third-order valence-corrected chi connectivity index (χ3v) is 4.24. The van der Waals surface area contributed by atoms with E-state index in [0.29, 0.717) is 19.5 Å². The predicted octanol–water partition coefficient (Wildman–Crippen LogP) is 1.75. The highest BCUT2D eigenvalue weighted by Crippen LogP contribution is 2.20. The fourth-order valence-electron chi connectivity index (χ4n) is 2.38. The zero-order chi connectivity index (χ0) is 15.4. The van der Waals surface area contributed by atoms with Gasteiger partial charge in [0, 0.05) is 23.8 Å². The van der Waals surface area contributed by atoms with Crippen molar-refractivity contribution in [3.63, 3.8) is 0 Å². The van der Waals surface area contributed by atoms with E-state index in [4.69, 9.17) is 0 Å². The fraction of sp³-hybridized carbons (Fsp3) is 0.267. The van der Waals surface area contributed by atoms with Crippen molar-refractivity contribution in [2.45, 2.75) is 19.0 Å². The number of carbonyl (C=O) groups is 2. The van der Waals surface area contributed by atoms with Crippen molar-refractivity contribution in [2.75, 3.05) is 11.4 Å². The van der Waals surface area contributed by atoms with E-state index in [1.807, 2.05) is 35.7 Å². The van der Waals surface area contributed by atoms with Gasteiger partial charge in [0.15, 0.2) is 0 Å². The molecule has 0 aliphatic carbocycles. The van der Waals surface area contributed by atoms with E-state index in [2.05, 4.69) is 15.6 Å². The van der Waals surface area contributed by atoms with Gasteiger partial charge in [-0.25, -0.2) is 9.78 Å². The molecule has 3 rings (SSSR count). The first-order valence-electron chi connectivity index (χ1n) is 7.03. The van der Waals surface area contributed by atoms with Crippen molar-refractivity contribution >= 4 is 29.0 Å². The largest absolute Gasteiger partial charge is 0.332 e. The molecule has 0 radical (unpaired) electrons. The number of carbonyl (C=O) groups excluding carboxylic acids is 2. The van der Waals surface area contributed by atoms with E-state index in [1.54, 1.807) is 11.1 Å². The van der Waals surface area contributed by atoms with Gasteiger partial charge < -0.3 is 15.5 Å². The standard InChI is InChI=1S/C15H16N4O2S/c20-14-12(6-8-19(14)11-4-2-1-3-5-11)18-15(21)17-10-13-16-7-9-22-13/h1-5,7,9,12H,6,8,10H2,(H2,17,18,21)/t12-/m0/s1. The normalized spacial score (nSPS) is 17.5. The number of aromatic nitrogens is 1. The monoisotopic (exact) mass is 316 g/mol. The fourth-order valence-corrected chi connectivity index (χ4v) is 2.94. The second-order valence-corrected chi connectivity index (χ2v) is 5.90.